The van der Waals surface area contributed by atoms with Crippen LogP contribution in [0.25, 0.3) is 0 Å². The monoisotopic (exact) mass is 431 g/mol. The third-order valence-electron chi connectivity index (χ3n) is 8.30. The molecular weight excluding hydrogens is 394 g/mol. The maximum absolute atomic E-state index is 14.5. The second-order valence-corrected chi connectivity index (χ2v) is 10.2. The first-order valence-corrected chi connectivity index (χ1v) is 12.5. The summed E-state index contributed by atoms with van der Waals surface area (Å²) >= 11 is 0. The molecule has 3 aliphatic heterocycles. The molecule has 2 fully saturated rings. The van der Waals surface area contributed by atoms with Crippen molar-refractivity contribution in [1.82, 2.24) is 9.80 Å². The highest BCUT2D eigenvalue weighted by atomic mass is 16.2. The zero-order valence-electron chi connectivity index (χ0n) is 19.7. The number of amides is 1. The number of piperidine rings is 2. The predicted molar refractivity (Wildman–Crippen MR) is 131 cm³/mol. The molecule has 0 radical (unpaired) electrons. The molecule has 0 N–H and O–H groups in total. The van der Waals surface area contributed by atoms with Crippen LogP contribution in [-0.2, 0) is 10.2 Å². The van der Waals surface area contributed by atoms with Crippen LogP contribution in [0.15, 0.2) is 54.6 Å². The summed E-state index contributed by atoms with van der Waals surface area (Å²) in [6, 6.07) is 19.8. The number of benzene rings is 2. The smallest absolute Gasteiger partial charge is 0.242 e. The van der Waals surface area contributed by atoms with E-state index >= 15 is 0 Å². The number of anilines is 2. The Balaban J connectivity index is 1.60. The van der Waals surface area contributed by atoms with Gasteiger partial charge in [0.1, 0.15) is 0 Å². The summed E-state index contributed by atoms with van der Waals surface area (Å²) in [6.07, 6.45) is 9.32. The summed E-state index contributed by atoms with van der Waals surface area (Å²) in [7, 11) is 4.51. The van der Waals surface area contributed by atoms with Crippen LogP contribution in [0.5, 0.6) is 0 Å². The second kappa shape index (κ2) is 8.99. The zero-order chi connectivity index (χ0) is 22.1. The van der Waals surface area contributed by atoms with Crippen LogP contribution in [0.3, 0.4) is 0 Å². The number of likely N-dealkylation sites (tertiary alicyclic amines) is 2. The minimum atomic E-state index is -0.459. The van der Waals surface area contributed by atoms with Gasteiger partial charge in [0.25, 0.3) is 0 Å². The van der Waals surface area contributed by atoms with E-state index in [-0.39, 0.29) is 5.91 Å². The molecule has 0 aromatic heterocycles. The van der Waals surface area contributed by atoms with E-state index in [1.165, 1.54) is 44.1 Å². The fourth-order valence-electron chi connectivity index (χ4n) is 6.43. The molecule has 0 aliphatic carbocycles. The molecule has 3 heterocycles. The molecule has 5 rings (SSSR count). The van der Waals surface area contributed by atoms with E-state index in [4.69, 9.17) is 0 Å². The Morgan fingerprint density at radius 1 is 0.781 bits per heavy atom. The van der Waals surface area contributed by atoms with Crippen molar-refractivity contribution < 1.29 is 4.79 Å². The fraction of sp³-hybridized carbons (Fsp3) is 0.536. The molecule has 32 heavy (non-hydrogen) atoms. The largest absolute Gasteiger partial charge is 0.303 e. The molecule has 4 nitrogen and oxygen atoms in total. The highest BCUT2D eigenvalue weighted by molar-refractivity contribution is 6.13. The highest BCUT2D eigenvalue weighted by Gasteiger charge is 2.53. The van der Waals surface area contributed by atoms with Crippen molar-refractivity contribution >= 4 is 17.3 Å². The normalized spacial score (nSPS) is 29.3. The zero-order valence-corrected chi connectivity index (χ0v) is 19.7. The maximum atomic E-state index is 14.5. The summed E-state index contributed by atoms with van der Waals surface area (Å²) in [5.74, 6) is 0.280. The van der Waals surface area contributed by atoms with Crippen molar-refractivity contribution in [2.45, 2.75) is 68.9 Å². The number of nitrogens with zero attached hydrogens (tertiary/aromatic N) is 3. The lowest BCUT2D eigenvalue weighted by atomic mass is 9.69. The molecule has 2 aromatic carbocycles. The number of rotatable bonds is 5. The van der Waals surface area contributed by atoms with Gasteiger partial charge in [-0.3, -0.25) is 9.69 Å². The number of fused-ring (bicyclic) bond motifs is 1. The van der Waals surface area contributed by atoms with Gasteiger partial charge in [0.2, 0.25) is 5.91 Å². The first kappa shape index (κ1) is 21.7. The Morgan fingerprint density at radius 3 is 1.94 bits per heavy atom. The molecular formula is C28H37N3O. The van der Waals surface area contributed by atoms with Gasteiger partial charge in [-0.2, -0.15) is 0 Å². The van der Waals surface area contributed by atoms with Crippen molar-refractivity contribution in [2.75, 3.05) is 32.1 Å². The molecule has 2 unspecified atom stereocenters. The van der Waals surface area contributed by atoms with Crippen molar-refractivity contribution in [3.8, 4) is 0 Å². The molecule has 3 aliphatic rings. The molecule has 1 amide bonds. The quantitative estimate of drug-likeness (QED) is 0.638. The van der Waals surface area contributed by atoms with E-state index < -0.39 is 5.41 Å². The van der Waals surface area contributed by atoms with Gasteiger partial charge in [0.05, 0.1) is 11.1 Å². The topological polar surface area (TPSA) is 26.8 Å². The van der Waals surface area contributed by atoms with Gasteiger partial charge in [-0.25, -0.2) is 0 Å². The van der Waals surface area contributed by atoms with Crippen molar-refractivity contribution in [3.63, 3.8) is 0 Å². The summed E-state index contributed by atoms with van der Waals surface area (Å²) in [6.45, 7) is 2.28. The van der Waals surface area contributed by atoms with Crippen molar-refractivity contribution in [1.29, 1.82) is 0 Å². The minimum absolute atomic E-state index is 0.280. The van der Waals surface area contributed by atoms with Crippen LogP contribution in [0.4, 0.5) is 11.4 Å². The number of carbonyl (C=O) groups is 1. The number of hydrogen-bond donors (Lipinski definition) is 0. The van der Waals surface area contributed by atoms with Crippen LogP contribution < -0.4 is 4.90 Å². The van der Waals surface area contributed by atoms with E-state index in [0.717, 1.165) is 37.3 Å². The first-order chi connectivity index (χ1) is 15.6. The van der Waals surface area contributed by atoms with Gasteiger partial charge in [-0.05, 0) is 89.5 Å². The fourth-order valence-corrected chi connectivity index (χ4v) is 6.43. The number of carbonyl (C=O) groups excluding carboxylic acids is 1. The van der Waals surface area contributed by atoms with Crippen LogP contribution in [0.1, 0.15) is 56.9 Å². The van der Waals surface area contributed by atoms with Crippen LogP contribution in [0, 0.1) is 0 Å². The van der Waals surface area contributed by atoms with Gasteiger partial charge in [0, 0.05) is 17.8 Å². The van der Waals surface area contributed by atoms with Gasteiger partial charge in [-0.15, -0.1) is 0 Å². The van der Waals surface area contributed by atoms with Gasteiger partial charge >= 0.3 is 0 Å². The lowest BCUT2D eigenvalue weighted by Gasteiger charge is -2.43. The van der Waals surface area contributed by atoms with Crippen LogP contribution in [-0.4, -0.2) is 55.0 Å². The number of hydrogen-bond acceptors (Lipinski definition) is 3. The average molecular weight is 432 g/mol. The standard InChI is InChI=1S/C28H37N3O/c1-29-18-10-8-14-23(29)20-28(21-24-15-9-11-19-30(24)2)25-16-6-7-17-26(25)31(27(28)32)22-12-4-3-5-13-22/h3-7,12-13,16-17,23-24H,8-11,14-15,18-21H2,1-2H3. The van der Waals surface area contributed by atoms with Crippen molar-refractivity contribution in [2.24, 2.45) is 0 Å². The summed E-state index contributed by atoms with van der Waals surface area (Å²) < 4.78 is 0. The van der Waals surface area contributed by atoms with E-state index in [1.807, 2.05) is 23.1 Å². The summed E-state index contributed by atoms with van der Waals surface area (Å²) in [5, 5.41) is 0. The highest BCUT2D eigenvalue weighted by Crippen LogP contribution is 2.52. The molecule has 0 saturated carbocycles. The lowest BCUT2D eigenvalue weighted by molar-refractivity contribution is -0.124. The third kappa shape index (κ3) is 3.78. The Labute approximate surface area is 193 Å². The van der Waals surface area contributed by atoms with E-state index in [0.29, 0.717) is 12.1 Å². The average Bonchev–Trinajstić information content (AvgIpc) is 3.05. The molecule has 170 valence electrons. The third-order valence-corrected chi connectivity index (χ3v) is 8.30. The molecule has 0 bridgehead atoms. The van der Waals surface area contributed by atoms with Crippen LogP contribution in [0.2, 0.25) is 0 Å². The van der Waals surface area contributed by atoms with Gasteiger partial charge in [0.15, 0.2) is 0 Å². The van der Waals surface area contributed by atoms with Gasteiger partial charge < -0.3 is 9.80 Å². The number of para-hydroxylation sites is 2. The molecule has 0 spiro atoms. The Hall–Kier alpha value is -2.17. The van der Waals surface area contributed by atoms with E-state index in [1.54, 1.807) is 0 Å². The molecule has 2 aromatic rings. The maximum Gasteiger partial charge on any atom is 0.242 e. The van der Waals surface area contributed by atoms with E-state index in [2.05, 4.69) is 60.3 Å². The first-order valence-electron chi connectivity index (χ1n) is 12.5. The second-order valence-electron chi connectivity index (χ2n) is 10.2. The Bertz CT molecular complexity index is 919. The Morgan fingerprint density at radius 2 is 1.34 bits per heavy atom. The minimum Gasteiger partial charge on any atom is -0.303 e. The molecule has 2 saturated heterocycles. The van der Waals surface area contributed by atoms with Gasteiger partial charge in [-0.1, -0.05) is 49.2 Å². The van der Waals surface area contributed by atoms with Crippen molar-refractivity contribution in [3.05, 3.63) is 60.2 Å². The molecule has 4 heteroatoms. The van der Waals surface area contributed by atoms with Crippen LogP contribution >= 0.6 is 0 Å². The Kier molecular flexibility index (Phi) is 6.09. The summed E-state index contributed by atoms with van der Waals surface area (Å²) in [4.78, 5) is 21.6. The lowest BCUT2D eigenvalue weighted by Crippen LogP contribution is -2.50. The SMILES string of the molecule is CN1CCCCC1CC1(CC2CCCCN2C)C(=O)N(c2ccccc2)c2ccccc21. The van der Waals surface area contributed by atoms with E-state index in [9.17, 15) is 4.79 Å². The summed E-state index contributed by atoms with van der Waals surface area (Å²) in [5.41, 5.74) is 2.85. The molecule has 2 atom stereocenters. The predicted octanol–water partition coefficient (Wildman–Crippen LogP) is 5.35.